The second-order valence-electron chi connectivity index (χ2n) is 3.45. The maximum absolute atomic E-state index is 10.8. The van der Waals surface area contributed by atoms with Gasteiger partial charge in [-0.15, -0.1) is 0 Å². The standard InChI is InChI=1S/C16H15NO/c1-3-4-5-10-16(17-2)12-11-14-8-6-7-9-15(14)13-18/h3-10,13H,1-2H3/b4-3-,10-5-,17-16?. The van der Waals surface area contributed by atoms with E-state index in [1.165, 1.54) is 0 Å². The molecule has 2 nitrogen and oxygen atoms in total. The minimum atomic E-state index is 0.595. The first-order chi connectivity index (χ1) is 8.81. The highest BCUT2D eigenvalue weighted by atomic mass is 16.1. The first-order valence-electron chi connectivity index (χ1n) is 5.64. The quantitative estimate of drug-likeness (QED) is 0.344. The number of allylic oxidation sites excluding steroid dienone is 4. The maximum Gasteiger partial charge on any atom is 0.151 e. The molecule has 0 aliphatic heterocycles. The van der Waals surface area contributed by atoms with E-state index >= 15 is 0 Å². The Morgan fingerprint density at radius 3 is 2.72 bits per heavy atom. The lowest BCUT2D eigenvalue weighted by molar-refractivity contribution is 0.112. The Labute approximate surface area is 108 Å². The van der Waals surface area contributed by atoms with Crippen LogP contribution < -0.4 is 0 Å². The zero-order valence-corrected chi connectivity index (χ0v) is 10.6. The van der Waals surface area contributed by atoms with Crippen LogP contribution in [0.25, 0.3) is 0 Å². The summed E-state index contributed by atoms with van der Waals surface area (Å²) in [7, 11) is 1.69. The number of rotatable bonds is 3. The smallest absolute Gasteiger partial charge is 0.151 e. The summed E-state index contributed by atoms with van der Waals surface area (Å²) in [5, 5.41) is 0. The van der Waals surface area contributed by atoms with Crippen LogP contribution in [0, 0.1) is 11.8 Å². The lowest BCUT2D eigenvalue weighted by Crippen LogP contribution is -1.90. The molecule has 0 spiro atoms. The van der Waals surface area contributed by atoms with Crippen LogP contribution >= 0.6 is 0 Å². The third kappa shape index (κ3) is 4.23. The Morgan fingerprint density at radius 1 is 1.28 bits per heavy atom. The summed E-state index contributed by atoms with van der Waals surface area (Å²) in [6.07, 6.45) is 8.35. The fourth-order valence-electron chi connectivity index (χ4n) is 1.27. The number of carbonyl (C=O) groups excluding carboxylic acids is 1. The van der Waals surface area contributed by atoms with Crippen LogP contribution in [0.3, 0.4) is 0 Å². The van der Waals surface area contributed by atoms with E-state index in [0.717, 1.165) is 6.29 Å². The minimum absolute atomic E-state index is 0.595. The van der Waals surface area contributed by atoms with Gasteiger partial charge in [0.15, 0.2) is 6.29 Å². The number of hydrogen-bond donors (Lipinski definition) is 0. The summed E-state index contributed by atoms with van der Waals surface area (Å²) >= 11 is 0. The van der Waals surface area contributed by atoms with Gasteiger partial charge in [0.25, 0.3) is 0 Å². The summed E-state index contributed by atoms with van der Waals surface area (Å²) in [6, 6.07) is 7.24. The van der Waals surface area contributed by atoms with Gasteiger partial charge in [-0.3, -0.25) is 9.79 Å². The highest BCUT2D eigenvalue weighted by Crippen LogP contribution is 2.03. The molecule has 0 aliphatic carbocycles. The molecular weight excluding hydrogens is 222 g/mol. The number of aliphatic imine (C=N–C) groups is 1. The molecule has 0 N–H and O–H groups in total. The van der Waals surface area contributed by atoms with E-state index < -0.39 is 0 Å². The second kappa shape index (κ2) is 7.81. The molecule has 90 valence electrons. The van der Waals surface area contributed by atoms with Crippen LogP contribution in [0.2, 0.25) is 0 Å². The lowest BCUT2D eigenvalue weighted by Gasteiger charge is -1.93. The maximum atomic E-state index is 10.8. The summed E-state index contributed by atoms with van der Waals surface area (Å²) in [5.74, 6) is 5.89. The van der Waals surface area contributed by atoms with Crippen LogP contribution in [-0.4, -0.2) is 19.0 Å². The molecule has 18 heavy (non-hydrogen) atoms. The summed E-state index contributed by atoms with van der Waals surface area (Å²) < 4.78 is 0. The topological polar surface area (TPSA) is 29.4 Å². The molecule has 1 aromatic carbocycles. The number of carbonyl (C=O) groups is 1. The third-order valence-corrected chi connectivity index (χ3v) is 2.21. The van der Waals surface area contributed by atoms with E-state index in [0.29, 0.717) is 16.8 Å². The van der Waals surface area contributed by atoms with Gasteiger partial charge in [-0.25, -0.2) is 0 Å². The third-order valence-electron chi connectivity index (χ3n) is 2.21. The molecule has 0 saturated carbocycles. The molecule has 0 heterocycles. The van der Waals surface area contributed by atoms with Crippen molar-refractivity contribution in [2.75, 3.05) is 7.05 Å². The molecule has 0 aliphatic rings. The number of hydrogen-bond acceptors (Lipinski definition) is 2. The zero-order chi connectivity index (χ0) is 13.2. The molecule has 0 saturated heterocycles. The number of aldehydes is 1. The molecule has 0 atom stereocenters. The first kappa shape index (κ1) is 13.7. The first-order valence-corrected chi connectivity index (χ1v) is 5.64. The Hall–Kier alpha value is -2.40. The number of nitrogens with zero attached hydrogens (tertiary/aromatic N) is 1. The largest absolute Gasteiger partial charge is 0.298 e. The Morgan fingerprint density at radius 2 is 2.06 bits per heavy atom. The average Bonchev–Trinajstić information content (AvgIpc) is 2.43. The van der Waals surface area contributed by atoms with Gasteiger partial charge in [-0.05, 0) is 25.0 Å². The van der Waals surface area contributed by atoms with Gasteiger partial charge >= 0.3 is 0 Å². The molecule has 1 rings (SSSR count). The monoisotopic (exact) mass is 237 g/mol. The van der Waals surface area contributed by atoms with E-state index in [9.17, 15) is 4.79 Å². The van der Waals surface area contributed by atoms with Crippen molar-refractivity contribution in [1.29, 1.82) is 0 Å². The zero-order valence-electron chi connectivity index (χ0n) is 10.6. The Balaban J connectivity index is 2.96. The lowest BCUT2D eigenvalue weighted by atomic mass is 10.1. The SMILES string of the molecule is C/C=C\C=C/C(C#Cc1ccccc1C=O)=NC. The van der Waals surface area contributed by atoms with Crippen molar-refractivity contribution in [2.24, 2.45) is 4.99 Å². The van der Waals surface area contributed by atoms with Gasteiger partial charge in [-0.2, -0.15) is 0 Å². The van der Waals surface area contributed by atoms with Gasteiger partial charge in [0, 0.05) is 18.2 Å². The van der Waals surface area contributed by atoms with E-state index in [-0.39, 0.29) is 0 Å². The average molecular weight is 237 g/mol. The fraction of sp³-hybridized carbons (Fsp3) is 0.125. The normalized spacial score (nSPS) is 11.6. The van der Waals surface area contributed by atoms with Crippen LogP contribution in [0.1, 0.15) is 22.8 Å². The van der Waals surface area contributed by atoms with Gasteiger partial charge in [0.1, 0.15) is 5.71 Å². The molecule has 0 radical (unpaired) electrons. The minimum Gasteiger partial charge on any atom is -0.298 e. The van der Waals surface area contributed by atoms with Crippen molar-refractivity contribution >= 4 is 12.0 Å². The fourth-order valence-corrected chi connectivity index (χ4v) is 1.27. The molecule has 0 fully saturated rings. The van der Waals surface area contributed by atoms with Crippen LogP contribution in [0.5, 0.6) is 0 Å². The molecule has 1 aromatic rings. The number of benzene rings is 1. The van der Waals surface area contributed by atoms with Crippen LogP contribution in [0.4, 0.5) is 0 Å². The van der Waals surface area contributed by atoms with E-state index in [1.54, 1.807) is 13.1 Å². The van der Waals surface area contributed by atoms with Crippen molar-refractivity contribution in [3.05, 3.63) is 59.7 Å². The summed E-state index contributed by atoms with van der Waals surface area (Å²) in [4.78, 5) is 14.9. The van der Waals surface area contributed by atoms with Crippen LogP contribution in [0.15, 0.2) is 53.6 Å². The summed E-state index contributed by atoms with van der Waals surface area (Å²) in [6.45, 7) is 1.94. The Kier molecular flexibility index (Phi) is 5.93. The van der Waals surface area contributed by atoms with E-state index in [1.807, 2.05) is 49.4 Å². The molecular formula is C16H15NO. The van der Waals surface area contributed by atoms with Gasteiger partial charge < -0.3 is 0 Å². The van der Waals surface area contributed by atoms with Crippen LogP contribution in [-0.2, 0) is 0 Å². The van der Waals surface area contributed by atoms with Crippen molar-refractivity contribution in [2.45, 2.75) is 6.92 Å². The van der Waals surface area contributed by atoms with Crippen molar-refractivity contribution in [1.82, 2.24) is 0 Å². The predicted octanol–water partition coefficient (Wildman–Crippen LogP) is 3.05. The predicted molar refractivity (Wildman–Crippen MR) is 76.0 cm³/mol. The van der Waals surface area contributed by atoms with E-state index in [4.69, 9.17) is 0 Å². The Bertz CT molecular complexity index is 554. The van der Waals surface area contributed by atoms with Crippen molar-refractivity contribution < 1.29 is 4.79 Å². The molecule has 0 bridgehead atoms. The highest BCUT2D eigenvalue weighted by Gasteiger charge is 1.95. The molecule has 0 amide bonds. The highest BCUT2D eigenvalue weighted by molar-refractivity contribution is 6.09. The molecule has 2 heteroatoms. The molecule has 0 aromatic heterocycles. The second-order valence-corrected chi connectivity index (χ2v) is 3.45. The van der Waals surface area contributed by atoms with Gasteiger partial charge in [0.2, 0.25) is 0 Å². The summed E-state index contributed by atoms with van der Waals surface area (Å²) in [5.41, 5.74) is 1.99. The van der Waals surface area contributed by atoms with Gasteiger partial charge in [0.05, 0.1) is 0 Å². The van der Waals surface area contributed by atoms with Crippen molar-refractivity contribution in [3.63, 3.8) is 0 Å². The van der Waals surface area contributed by atoms with E-state index in [2.05, 4.69) is 16.8 Å². The van der Waals surface area contributed by atoms with Crippen molar-refractivity contribution in [3.8, 4) is 11.8 Å². The van der Waals surface area contributed by atoms with Gasteiger partial charge in [-0.1, -0.05) is 42.3 Å². The molecule has 0 unspecified atom stereocenters.